The van der Waals surface area contributed by atoms with Gasteiger partial charge in [0, 0.05) is 18.0 Å². The zero-order chi connectivity index (χ0) is 20.6. The molecule has 4 nitrogen and oxygen atoms in total. The average molecular weight is 403 g/mol. The second-order valence-electron chi connectivity index (χ2n) is 8.13. The zero-order valence-electron chi connectivity index (χ0n) is 17.5. The number of carbonyl (C=O) groups is 1. The van der Waals surface area contributed by atoms with Crippen molar-refractivity contribution in [3.05, 3.63) is 66.4 Å². The molecule has 0 spiro atoms. The molecule has 1 aliphatic rings. The van der Waals surface area contributed by atoms with Gasteiger partial charge in [0.25, 0.3) is 0 Å². The lowest BCUT2D eigenvalue weighted by molar-refractivity contribution is -0.116. The Labute approximate surface area is 178 Å². The van der Waals surface area contributed by atoms with Gasteiger partial charge < -0.3 is 10.1 Å². The van der Waals surface area contributed by atoms with E-state index in [1.165, 1.54) is 25.7 Å². The first-order valence-corrected chi connectivity index (χ1v) is 11.2. The van der Waals surface area contributed by atoms with Crippen molar-refractivity contribution in [3.63, 3.8) is 0 Å². The van der Waals surface area contributed by atoms with E-state index in [1.807, 2.05) is 48.5 Å². The number of benzene rings is 2. The summed E-state index contributed by atoms with van der Waals surface area (Å²) < 4.78 is 6.11. The second-order valence-corrected chi connectivity index (χ2v) is 8.13. The van der Waals surface area contributed by atoms with Crippen LogP contribution in [-0.2, 0) is 4.79 Å². The minimum Gasteiger partial charge on any atom is -0.493 e. The van der Waals surface area contributed by atoms with Crippen LogP contribution in [0.2, 0.25) is 0 Å². The number of carbonyl (C=O) groups excluding carboxylic acids is 1. The lowest BCUT2D eigenvalue weighted by atomic mass is 9.89. The van der Waals surface area contributed by atoms with Crippen molar-refractivity contribution in [2.24, 2.45) is 0 Å². The highest BCUT2D eigenvalue weighted by atomic mass is 16.5. The summed E-state index contributed by atoms with van der Waals surface area (Å²) in [7, 11) is 0. The van der Waals surface area contributed by atoms with Crippen LogP contribution in [0.5, 0.6) is 5.75 Å². The molecule has 156 valence electrons. The molecule has 4 rings (SSSR count). The molecule has 2 heterocycles. The standard InChI is InChI=1S/C26H30N2O2/c29-25(28-23-15-9-12-20-13-10-17-27-26(20)23)19-21-11-5-3-1-2-4-8-18-30-24-16-7-6-14-22(21)24/h6-7,9-10,12-17,21H,1-5,8,11,18-19H2,(H,28,29). The summed E-state index contributed by atoms with van der Waals surface area (Å²) in [5.41, 5.74) is 2.76. The lowest BCUT2D eigenvalue weighted by Gasteiger charge is -2.21. The van der Waals surface area contributed by atoms with Gasteiger partial charge in [-0.05, 0) is 42.5 Å². The number of pyridine rings is 1. The molecule has 0 radical (unpaired) electrons. The van der Waals surface area contributed by atoms with Crippen LogP contribution in [-0.4, -0.2) is 17.5 Å². The van der Waals surface area contributed by atoms with Crippen LogP contribution < -0.4 is 10.1 Å². The van der Waals surface area contributed by atoms with E-state index in [9.17, 15) is 4.79 Å². The normalized spacial score (nSPS) is 17.8. The Morgan fingerprint density at radius 1 is 0.933 bits per heavy atom. The number of nitrogens with one attached hydrogen (secondary N) is 1. The monoisotopic (exact) mass is 402 g/mol. The third-order valence-electron chi connectivity index (χ3n) is 5.90. The highest BCUT2D eigenvalue weighted by Crippen LogP contribution is 2.34. The zero-order valence-corrected chi connectivity index (χ0v) is 17.5. The van der Waals surface area contributed by atoms with E-state index in [0.29, 0.717) is 6.42 Å². The Bertz CT molecular complexity index is 980. The fourth-order valence-electron chi connectivity index (χ4n) is 4.33. The van der Waals surface area contributed by atoms with Crippen LogP contribution in [0.15, 0.2) is 60.8 Å². The molecular formula is C26H30N2O2. The maximum atomic E-state index is 13.0. The molecule has 4 heteroatoms. The minimum absolute atomic E-state index is 0.0278. The molecule has 0 saturated carbocycles. The van der Waals surface area contributed by atoms with Crippen molar-refractivity contribution >= 4 is 22.5 Å². The van der Waals surface area contributed by atoms with Gasteiger partial charge in [-0.1, -0.05) is 68.5 Å². The third-order valence-corrected chi connectivity index (χ3v) is 5.90. The molecule has 1 atom stereocenters. The Hall–Kier alpha value is -2.88. The molecular weight excluding hydrogens is 372 g/mol. The van der Waals surface area contributed by atoms with E-state index in [-0.39, 0.29) is 11.8 Å². The number of hydrogen-bond acceptors (Lipinski definition) is 3. The number of hydrogen-bond donors (Lipinski definition) is 1. The van der Waals surface area contributed by atoms with Gasteiger partial charge in [0.05, 0.1) is 17.8 Å². The summed E-state index contributed by atoms with van der Waals surface area (Å²) in [6.45, 7) is 0.748. The highest BCUT2D eigenvalue weighted by Gasteiger charge is 2.20. The number of fused-ring (bicyclic) bond motifs is 2. The number of rotatable bonds is 3. The van der Waals surface area contributed by atoms with Crippen LogP contribution in [0.3, 0.4) is 0 Å². The van der Waals surface area contributed by atoms with Crippen LogP contribution in [0.25, 0.3) is 10.9 Å². The number of amides is 1. The van der Waals surface area contributed by atoms with E-state index in [2.05, 4.69) is 16.4 Å². The summed E-state index contributed by atoms with van der Waals surface area (Å²) in [6, 6.07) is 18.0. The first-order chi connectivity index (χ1) is 14.8. The van der Waals surface area contributed by atoms with Gasteiger partial charge in [-0.15, -0.1) is 0 Å². The largest absolute Gasteiger partial charge is 0.493 e. The van der Waals surface area contributed by atoms with Gasteiger partial charge in [-0.2, -0.15) is 0 Å². The molecule has 1 N–H and O–H groups in total. The quantitative estimate of drug-likeness (QED) is 0.546. The first kappa shape index (κ1) is 20.4. The van der Waals surface area contributed by atoms with Crippen LogP contribution >= 0.6 is 0 Å². The van der Waals surface area contributed by atoms with E-state index in [0.717, 1.165) is 53.8 Å². The van der Waals surface area contributed by atoms with Gasteiger partial charge in [0.2, 0.25) is 5.91 Å². The minimum atomic E-state index is 0.0278. The van der Waals surface area contributed by atoms with Crippen molar-refractivity contribution in [2.75, 3.05) is 11.9 Å². The van der Waals surface area contributed by atoms with Gasteiger partial charge in [0.15, 0.2) is 0 Å². The van der Waals surface area contributed by atoms with Crippen molar-refractivity contribution in [1.82, 2.24) is 4.98 Å². The molecule has 0 aliphatic carbocycles. The van der Waals surface area contributed by atoms with Gasteiger partial charge >= 0.3 is 0 Å². The molecule has 0 saturated heterocycles. The Morgan fingerprint density at radius 2 is 1.73 bits per heavy atom. The van der Waals surface area contributed by atoms with Crippen LogP contribution in [0.4, 0.5) is 5.69 Å². The molecule has 1 aliphatic heterocycles. The smallest absolute Gasteiger partial charge is 0.225 e. The number of anilines is 1. The van der Waals surface area contributed by atoms with E-state index < -0.39 is 0 Å². The molecule has 0 fully saturated rings. The fourth-order valence-corrected chi connectivity index (χ4v) is 4.33. The SMILES string of the molecule is O=C(CC1CCCCCCCCOc2ccccc21)Nc1cccc2cccnc12. The fraction of sp³-hybridized carbons (Fsp3) is 0.385. The van der Waals surface area contributed by atoms with Gasteiger partial charge in [-0.25, -0.2) is 0 Å². The Balaban J connectivity index is 1.53. The molecule has 1 unspecified atom stereocenters. The van der Waals surface area contributed by atoms with Crippen molar-refractivity contribution in [3.8, 4) is 5.75 Å². The number of aromatic nitrogens is 1. The highest BCUT2D eigenvalue weighted by molar-refractivity contribution is 6.00. The molecule has 1 amide bonds. The molecule has 3 aromatic rings. The molecule has 1 aromatic heterocycles. The maximum Gasteiger partial charge on any atom is 0.225 e. The summed E-state index contributed by atoms with van der Waals surface area (Å²) in [5.74, 6) is 1.12. The first-order valence-electron chi connectivity index (χ1n) is 11.2. The van der Waals surface area contributed by atoms with Crippen molar-refractivity contribution < 1.29 is 9.53 Å². The number of nitrogens with zero attached hydrogens (tertiary/aromatic N) is 1. The summed E-state index contributed by atoms with van der Waals surface area (Å²) >= 11 is 0. The van der Waals surface area contributed by atoms with Crippen LogP contribution in [0.1, 0.15) is 62.8 Å². The number of ether oxygens (including phenoxy) is 1. The number of para-hydroxylation sites is 2. The van der Waals surface area contributed by atoms with Crippen molar-refractivity contribution in [2.45, 2.75) is 57.3 Å². The van der Waals surface area contributed by atoms with E-state index in [1.54, 1.807) is 6.20 Å². The topological polar surface area (TPSA) is 51.2 Å². The average Bonchev–Trinajstić information content (AvgIpc) is 2.77. The van der Waals surface area contributed by atoms with Gasteiger partial charge in [0.1, 0.15) is 5.75 Å². The molecule has 2 aromatic carbocycles. The van der Waals surface area contributed by atoms with Crippen molar-refractivity contribution in [1.29, 1.82) is 0 Å². The summed E-state index contributed by atoms with van der Waals surface area (Å²) in [4.78, 5) is 17.5. The Kier molecular flexibility index (Phi) is 6.96. The summed E-state index contributed by atoms with van der Waals surface area (Å²) in [6.07, 6.45) is 10.4. The van der Waals surface area contributed by atoms with E-state index >= 15 is 0 Å². The van der Waals surface area contributed by atoms with E-state index in [4.69, 9.17) is 4.74 Å². The third kappa shape index (κ3) is 5.18. The predicted octanol–water partition coefficient (Wildman–Crippen LogP) is 6.47. The molecule has 0 bridgehead atoms. The van der Waals surface area contributed by atoms with Gasteiger partial charge in [-0.3, -0.25) is 9.78 Å². The lowest BCUT2D eigenvalue weighted by Crippen LogP contribution is -2.17. The maximum absolute atomic E-state index is 13.0. The second kappa shape index (κ2) is 10.2. The summed E-state index contributed by atoms with van der Waals surface area (Å²) in [5, 5.41) is 4.13. The predicted molar refractivity (Wildman–Crippen MR) is 122 cm³/mol. The van der Waals surface area contributed by atoms with Crippen LogP contribution in [0, 0.1) is 0 Å². The molecule has 30 heavy (non-hydrogen) atoms. The Morgan fingerprint density at radius 3 is 2.67 bits per heavy atom.